The highest BCUT2D eigenvalue weighted by Crippen LogP contribution is 2.43. The van der Waals surface area contributed by atoms with Gasteiger partial charge in [0.1, 0.15) is 5.69 Å². The zero-order valence-corrected chi connectivity index (χ0v) is 14.4. The zero-order valence-electron chi connectivity index (χ0n) is 13.6. The standard InChI is InChI=1S/C17H22N4O2S/c22-16(19-17-18-12-15(24-17)13-3-4-13)14-2-1-5-21(14)7-6-20-8-10-23-11-9-20/h1-2,5,12-13H,3-4,6-11H2,(H,18,19,22). The van der Waals surface area contributed by atoms with Crippen LogP contribution in [-0.2, 0) is 11.3 Å². The van der Waals surface area contributed by atoms with Crippen molar-refractivity contribution in [2.75, 3.05) is 38.2 Å². The Labute approximate surface area is 145 Å². The number of hydrogen-bond acceptors (Lipinski definition) is 5. The molecule has 1 N–H and O–H groups in total. The average molecular weight is 346 g/mol. The molecule has 1 saturated carbocycles. The maximum atomic E-state index is 12.5. The lowest BCUT2D eigenvalue weighted by molar-refractivity contribution is 0.0363. The number of aromatic nitrogens is 2. The first-order valence-corrected chi connectivity index (χ1v) is 9.33. The maximum Gasteiger partial charge on any atom is 0.274 e. The number of carbonyl (C=O) groups is 1. The summed E-state index contributed by atoms with van der Waals surface area (Å²) < 4.78 is 7.38. The van der Waals surface area contributed by atoms with Gasteiger partial charge >= 0.3 is 0 Å². The third kappa shape index (κ3) is 3.68. The summed E-state index contributed by atoms with van der Waals surface area (Å²) in [6.07, 6.45) is 6.36. The van der Waals surface area contributed by atoms with E-state index in [1.54, 1.807) is 11.3 Å². The van der Waals surface area contributed by atoms with Crippen LogP contribution in [0, 0.1) is 0 Å². The molecule has 4 rings (SSSR count). The topological polar surface area (TPSA) is 59.4 Å². The Bertz CT molecular complexity index is 701. The Balaban J connectivity index is 1.36. The molecule has 6 nitrogen and oxygen atoms in total. The second kappa shape index (κ2) is 7.04. The molecular formula is C17H22N4O2S. The number of ether oxygens (including phenoxy) is 1. The quantitative estimate of drug-likeness (QED) is 0.873. The van der Waals surface area contributed by atoms with Crippen LogP contribution in [0.15, 0.2) is 24.5 Å². The van der Waals surface area contributed by atoms with E-state index in [1.165, 1.54) is 17.7 Å². The SMILES string of the molecule is O=C(Nc1ncc(C2CC2)s1)c1cccn1CCN1CCOCC1. The second-order valence-electron chi connectivity index (χ2n) is 6.34. The van der Waals surface area contributed by atoms with Crippen LogP contribution in [0.4, 0.5) is 5.13 Å². The smallest absolute Gasteiger partial charge is 0.274 e. The van der Waals surface area contributed by atoms with Gasteiger partial charge in [0.15, 0.2) is 5.13 Å². The number of rotatable bonds is 6. The lowest BCUT2D eigenvalue weighted by atomic mass is 10.3. The van der Waals surface area contributed by atoms with Crippen LogP contribution in [-0.4, -0.2) is 53.2 Å². The van der Waals surface area contributed by atoms with E-state index in [4.69, 9.17) is 4.74 Å². The van der Waals surface area contributed by atoms with Crippen molar-refractivity contribution < 1.29 is 9.53 Å². The fourth-order valence-corrected chi connectivity index (χ4v) is 3.93. The molecule has 2 aliphatic rings. The minimum Gasteiger partial charge on any atom is -0.379 e. The summed E-state index contributed by atoms with van der Waals surface area (Å²) in [4.78, 5) is 20.5. The van der Waals surface area contributed by atoms with E-state index in [0.717, 1.165) is 39.4 Å². The minimum absolute atomic E-state index is 0.0846. The minimum atomic E-state index is -0.0846. The number of nitrogens with zero attached hydrogens (tertiary/aromatic N) is 3. The molecule has 0 atom stereocenters. The largest absolute Gasteiger partial charge is 0.379 e. The van der Waals surface area contributed by atoms with E-state index in [0.29, 0.717) is 16.7 Å². The molecule has 2 fully saturated rings. The summed E-state index contributed by atoms with van der Waals surface area (Å²) in [7, 11) is 0. The number of anilines is 1. The van der Waals surface area contributed by atoms with E-state index in [1.807, 2.05) is 29.1 Å². The predicted molar refractivity (Wildman–Crippen MR) is 93.7 cm³/mol. The molecule has 7 heteroatoms. The van der Waals surface area contributed by atoms with Crippen molar-refractivity contribution in [2.24, 2.45) is 0 Å². The van der Waals surface area contributed by atoms with Crippen LogP contribution in [0.25, 0.3) is 0 Å². The van der Waals surface area contributed by atoms with Gasteiger partial charge < -0.3 is 9.30 Å². The van der Waals surface area contributed by atoms with Gasteiger partial charge in [-0.15, -0.1) is 11.3 Å². The van der Waals surface area contributed by atoms with Crippen LogP contribution in [0.3, 0.4) is 0 Å². The van der Waals surface area contributed by atoms with Gasteiger partial charge in [0.05, 0.1) is 13.2 Å². The number of morpholine rings is 1. The molecule has 128 valence electrons. The molecule has 0 bridgehead atoms. The van der Waals surface area contributed by atoms with Crippen LogP contribution in [0.2, 0.25) is 0 Å². The lowest BCUT2D eigenvalue weighted by Gasteiger charge is -2.26. The third-order valence-corrected chi connectivity index (χ3v) is 5.62. The summed E-state index contributed by atoms with van der Waals surface area (Å²) >= 11 is 1.60. The molecule has 2 aromatic heterocycles. The molecule has 1 aliphatic carbocycles. The fraction of sp³-hybridized carbons (Fsp3) is 0.529. The monoisotopic (exact) mass is 346 g/mol. The molecule has 1 aliphatic heterocycles. The van der Waals surface area contributed by atoms with Gasteiger partial charge in [0.2, 0.25) is 0 Å². The number of hydrogen-bond donors (Lipinski definition) is 1. The van der Waals surface area contributed by atoms with Crippen molar-refractivity contribution in [1.29, 1.82) is 0 Å². The summed E-state index contributed by atoms with van der Waals surface area (Å²) in [5, 5.41) is 3.64. The van der Waals surface area contributed by atoms with Gasteiger partial charge in [0.25, 0.3) is 5.91 Å². The molecule has 0 spiro atoms. The van der Waals surface area contributed by atoms with Crippen LogP contribution in [0.5, 0.6) is 0 Å². The van der Waals surface area contributed by atoms with Gasteiger partial charge in [-0.2, -0.15) is 0 Å². The number of amides is 1. The molecule has 1 amide bonds. The van der Waals surface area contributed by atoms with Crippen LogP contribution >= 0.6 is 11.3 Å². The van der Waals surface area contributed by atoms with E-state index in [2.05, 4.69) is 15.2 Å². The van der Waals surface area contributed by atoms with Crippen LogP contribution in [0.1, 0.15) is 34.1 Å². The summed E-state index contributed by atoms with van der Waals surface area (Å²) in [5.74, 6) is 0.587. The Morgan fingerprint density at radius 2 is 2.17 bits per heavy atom. The van der Waals surface area contributed by atoms with Crippen molar-refractivity contribution in [3.63, 3.8) is 0 Å². The van der Waals surface area contributed by atoms with E-state index < -0.39 is 0 Å². The molecule has 1 saturated heterocycles. The van der Waals surface area contributed by atoms with Gasteiger partial charge in [-0.25, -0.2) is 4.98 Å². The highest BCUT2D eigenvalue weighted by molar-refractivity contribution is 7.15. The maximum absolute atomic E-state index is 12.5. The molecular weight excluding hydrogens is 324 g/mol. The first-order valence-electron chi connectivity index (χ1n) is 8.52. The molecule has 0 aromatic carbocycles. The van der Waals surface area contributed by atoms with Crippen molar-refractivity contribution in [1.82, 2.24) is 14.5 Å². The normalized spacial score (nSPS) is 18.7. The molecule has 3 heterocycles. The third-order valence-electron chi connectivity index (χ3n) is 4.55. The number of nitrogens with one attached hydrogen (secondary N) is 1. The Morgan fingerprint density at radius 3 is 2.96 bits per heavy atom. The van der Waals surface area contributed by atoms with Crippen molar-refractivity contribution in [2.45, 2.75) is 25.3 Å². The Morgan fingerprint density at radius 1 is 1.33 bits per heavy atom. The number of carbonyl (C=O) groups excluding carboxylic acids is 1. The van der Waals surface area contributed by atoms with Crippen LogP contribution < -0.4 is 5.32 Å². The highest BCUT2D eigenvalue weighted by atomic mass is 32.1. The molecule has 0 unspecified atom stereocenters. The predicted octanol–water partition coefficient (Wildman–Crippen LogP) is 2.41. The van der Waals surface area contributed by atoms with Crippen molar-refractivity contribution in [3.8, 4) is 0 Å². The van der Waals surface area contributed by atoms with Gasteiger partial charge in [-0.3, -0.25) is 15.0 Å². The Kier molecular flexibility index (Phi) is 4.64. The first-order chi connectivity index (χ1) is 11.8. The van der Waals surface area contributed by atoms with Crippen molar-refractivity contribution in [3.05, 3.63) is 35.1 Å². The van der Waals surface area contributed by atoms with E-state index >= 15 is 0 Å². The lowest BCUT2D eigenvalue weighted by Crippen LogP contribution is -2.38. The van der Waals surface area contributed by atoms with Gasteiger partial charge in [-0.1, -0.05) is 0 Å². The number of thiazole rings is 1. The first kappa shape index (κ1) is 15.8. The van der Waals surface area contributed by atoms with Gasteiger partial charge in [0, 0.05) is 43.4 Å². The average Bonchev–Trinajstić information content (AvgIpc) is 3.17. The van der Waals surface area contributed by atoms with Gasteiger partial charge in [-0.05, 0) is 30.9 Å². The molecule has 24 heavy (non-hydrogen) atoms. The van der Waals surface area contributed by atoms with E-state index in [-0.39, 0.29) is 5.91 Å². The summed E-state index contributed by atoms with van der Waals surface area (Å²) in [6.45, 7) is 5.26. The molecule has 2 aromatic rings. The zero-order chi connectivity index (χ0) is 16.4. The fourth-order valence-electron chi connectivity index (χ4n) is 2.95. The second-order valence-corrected chi connectivity index (χ2v) is 7.40. The molecule has 0 radical (unpaired) electrons. The summed E-state index contributed by atoms with van der Waals surface area (Å²) in [5.41, 5.74) is 0.687. The highest BCUT2D eigenvalue weighted by Gasteiger charge is 2.26. The summed E-state index contributed by atoms with van der Waals surface area (Å²) in [6, 6.07) is 3.79. The van der Waals surface area contributed by atoms with Crippen molar-refractivity contribution >= 4 is 22.4 Å². The Hall–Kier alpha value is -1.70. The van der Waals surface area contributed by atoms with E-state index in [9.17, 15) is 4.79 Å².